The number of hydrogen-bond acceptors (Lipinski definition) is 4. The summed E-state index contributed by atoms with van der Waals surface area (Å²) in [5.74, 6) is 7.25. The van der Waals surface area contributed by atoms with Crippen molar-refractivity contribution in [3.63, 3.8) is 0 Å². The monoisotopic (exact) mass is 251 g/mol. The minimum atomic E-state index is 0.384. The van der Waals surface area contributed by atoms with Gasteiger partial charge in [-0.25, -0.2) is 5.90 Å². The number of hydrogen-bond donors (Lipinski definition) is 1. The van der Waals surface area contributed by atoms with Gasteiger partial charge in [0, 0.05) is 12.0 Å². The first-order chi connectivity index (χ1) is 8.74. The lowest BCUT2D eigenvalue weighted by Crippen LogP contribution is -2.08. The number of benzene rings is 1. The number of nitrogens with two attached hydrogens (primary N) is 1. The average molecular weight is 251 g/mol. The van der Waals surface area contributed by atoms with Crippen molar-refractivity contribution >= 4 is 0 Å². The molecule has 0 atom stereocenters. The van der Waals surface area contributed by atoms with Crippen LogP contribution in [0.25, 0.3) is 0 Å². The molecule has 1 aliphatic rings. The molecule has 100 valence electrons. The lowest BCUT2D eigenvalue weighted by Gasteiger charge is -2.19. The maximum atomic E-state index is 5.86. The molecule has 1 aliphatic heterocycles. The standard InChI is InChI=1S/C14H21NO3/c1-10(2)13-11(6-9-18-15)4-5-12-14(13)17-8-3-7-16-12/h4-5,10H,3,6-9,15H2,1-2H3. The molecule has 1 aromatic rings. The van der Waals surface area contributed by atoms with E-state index < -0.39 is 0 Å². The van der Waals surface area contributed by atoms with Gasteiger partial charge in [0.05, 0.1) is 19.8 Å². The number of rotatable bonds is 4. The van der Waals surface area contributed by atoms with Gasteiger partial charge >= 0.3 is 0 Å². The second kappa shape index (κ2) is 6.07. The molecule has 0 amide bonds. The number of fused-ring (bicyclic) bond motifs is 1. The van der Waals surface area contributed by atoms with Gasteiger partial charge in [-0.05, 0) is 24.0 Å². The summed E-state index contributed by atoms with van der Waals surface area (Å²) in [6.07, 6.45) is 1.72. The molecule has 0 fully saturated rings. The molecular formula is C14H21NO3. The van der Waals surface area contributed by atoms with E-state index in [9.17, 15) is 0 Å². The van der Waals surface area contributed by atoms with E-state index in [1.54, 1.807) is 0 Å². The molecule has 0 aromatic heterocycles. The zero-order chi connectivity index (χ0) is 13.0. The van der Waals surface area contributed by atoms with Crippen LogP contribution in [0.1, 0.15) is 37.3 Å². The Balaban J connectivity index is 2.39. The Morgan fingerprint density at radius 1 is 1.28 bits per heavy atom. The molecule has 18 heavy (non-hydrogen) atoms. The molecule has 2 N–H and O–H groups in total. The molecule has 0 saturated heterocycles. The lowest BCUT2D eigenvalue weighted by molar-refractivity contribution is 0.141. The minimum Gasteiger partial charge on any atom is -0.490 e. The van der Waals surface area contributed by atoms with E-state index in [0.717, 1.165) is 30.9 Å². The summed E-state index contributed by atoms with van der Waals surface area (Å²) in [5, 5.41) is 0. The average Bonchev–Trinajstić information content (AvgIpc) is 2.60. The molecule has 2 rings (SSSR count). The van der Waals surface area contributed by atoms with E-state index in [1.165, 1.54) is 11.1 Å². The lowest BCUT2D eigenvalue weighted by atomic mass is 9.94. The van der Waals surface area contributed by atoms with Crippen LogP contribution in [0.4, 0.5) is 0 Å². The fourth-order valence-corrected chi connectivity index (χ4v) is 2.32. The van der Waals surface area contributed by atoms with Crippen LogP contribution in [-0.4, -0.2) is 19.8 Å². The van der Waals surface area contributed by atoms with Crippen molar-refractivity contribution in [2.24, 2.45) is 5.90 Å². The van der Waals surface area contributed by atoms with E-state index in [-0.39, 0.29) is 0 Å². The maximum absolute atomic E-state index is 5.86. The Morgan fingerprint density at radius 2 is 2.06 bits per heavy atom. The Kier molecular flexibility index (Phi) is 4.44. The summed E-state index contributed by atoms with van der Waals surface area (Å²) in [6, 6.07) is 4.07. The Hall–Kier alpha value is -1.26. The molecule has 0 spiro atoms. The molecule has 1 aromatic carbocycles. The van der Waals surface area contributed by atoms with Crippen LogP contribution in [-0.2, 0) is 11.3 Å². The summed E-state index contributed by atoms with van der Waals surface area (Å²) in [6.45, 7) is 6.27. The minimum absolute atomic E-state index is 0.384. The van der Waals surface area contributed by atoms with Crippen LogP contribution in [0.3, 0.4) is 0 Å². The van der Waals surface area contributed by atoms with Crippen LogP contribution in [0.15, 0.2) is 12.1 Å². The smallest absolute Gasteiger partial charge is 0.164 e. The van der Waals surface area contributed by atoms with Crippen molar-refractivity contribution < 1.29 is 14.3 Å². The van der Waals surface area contributed by atoms with Crippen molar-refractivity contribution in [3.8, 4) is 11.5 Å². The molecular weight excluding hydrogens is 230 g/mol. The van der Waals surface area contributed by atoms with Crippen molar-refractivity contribution in [1.29, 1.82) is 0 Å². The Bertz CT molecular complexity index is 404. The Morgan fingerprint density at radius 3 is 2.78 bits per heavy atom. The van der Waals surface area contributed by atoms with E-state index in [1.807, 2.05) is 6.07 Å². The largest absolute Gasteiger partial charge is 0.490 e. The van der Waals surface area contributed by atoms with Gasteiger partial charge < -0.3 is 14.3 Å². The third-order valence-electron chi connectivity index (χ3n) is 3.11. The fourth-order valence-electron chi connectivity index (χ4n) is 2.32. The van der Waals surface area contributed by atoms with Gasteiger partial charge in [0.15, 0.2) is 11.5 Å². The zero-order valence-electron chi connectivity index (χ0n) is 11.1. The van der Waals surface area contributed by atoms with Gasteiger partial charge in [0.25, 0.3) is 0 Å². The zero-order valence-corrected chi connectivity index (χ0v) is 11.1. The van der Waals surface area contributed by atoms with E-state index in [4.69, 9.17) is 15.4 Å². The van der Waals surface area contributed by atoms with Gasteiger partial charge in [-0.1, -0.05) is 19.9 Å². The van der Waals surface area contributed by atoms with Crippen molar-refractivity contribution in [2.45, 2.75) is 32.6 Å². The highest BCUT2D eigenvalue weighted by Gasteiger charge is 2.20. The van der Waals surface area contributed by atoms with Gasteiger partial charge in [0.2, 0.25) is 0 Å². The highest BCUT2D eigenvalue weighted by Crippen LogP contribution is 2.39. The molecule has 1 heterocycles. The van der Waals surface area contributed by atoms with Crippen LogP contribution < -0.4 is 15.4 Å². The van der Waals surface area contributed by atoms with Crippen LogP contribution in [0.2, 0.25) is 0 Å². The van der Waals surface area contributed by atoms with E-state index in [2.05, 4.69) is 24.8 Å². The van der Waals surface area contributed by atoms with Crippen LogP contribution in [0, 0.1) is 0 Å². The first kappa shape index (κ1) is 13.2. The third-order valence-corrected chi connectivity index (χ3v) is 3.11. The van der Waals surface area contributed by atoms with Gasteiger partial charge in [-0.2, -0.15) is 0 Å². The fraction of sp³-hybridized carbons (Fsp3) is 0.571. The summed E-state index contributed by atoms with van der Waals surface area (Å²) in [7, 11) is 0. The number of ether oxygens (including phenoxy) is 2. The van der Waals surface area contributed by atoms with Gasteiger partial charge in [-0.3, -0.25) is 0 Å². The molecule has 0 bridgehead atoms. The highest BCUT2D eigenvalue weighted by atomic mass is 16.6. The quantitative estimate of drug-likeness (QED) is 0.835. The summed E-state index contributed by atoms with van der Waals surface area (Å²) >= 11 is 0. The first-order valence-corrected chi connectivity index (χ1v) is 6.47. The van der Waals surface area contributed by atoms with Crippen LogP contribution in [0.5, 0.6) is 11.5 Å². The molecule has 4 heteroatoms. The van der Waals surface area contributed by atoms with Gasteiger partial charge in [0.1, 0.15) is 0 Å². The van der Waals surface area contributed by atoms with Crippen molar-refractivity contribution in [3.05, 3.63) is 23.3 Å². The third kappa shape index (κ3) is 2.76. The Labute approximate surface area is 108 Å². The SMILES string of the molecule is CC(C)c1c(CCON)ccc2c1OCCCO2. The van der Waals surface area contributed by atoms with Gasteiger partial charge in [-0.15, -0.1) is 0 Å². The molecule has 4 nitrogen and oxygen atoms in total. The summed E-state index contributed by atoms with van der Waals surface area (Å²) in [5.41, 5.74) is 2.44. The van der Waals surface area contributed by atoms with Crippen molar-refractivity contribution in [1.82, 2.24) is 0 Å². The molecule has 0 unspecified atom stereocenters. The summed E-state index contributed by atoms with van der Waals surface area (Å²) < 4.78 is 11.6. The normalized spacial score (nSPS) is 14.7. The maximum Gasteiger partial charge on any atom is 0.164 e. The van der Waals surface area contributed by atoms with Crippen molar-refractivity contribution in [2.75, 3.05) is 19.8 Å². The molecule has 0 aliphatic carbocycles. The second-order valence-corrected chi connectivity index (χ2v) is 4.79. The van der Waals surface area contributed by atoms with E-state index >= 15 is 0 Å². The predicted octanol–water partition coefficient (Wildman–Crippen LogP) is 2.40. The predicted molar refractivity (Wildman–Crippen MR) is 70.0 cm³/mol. The topological polar surface area (TPSA) is 53.7 Å². The van der Waals surface area contributed by atoms with Crippen LogP contribution >= 0.6 is 0 Å². The molecule has 0 saturated carbocycles. The summed E-state index contributed by atoms with van der Waals surface area (Å²) in [4.78, 5) is 4.68. The second-order valence-electron chi connectivity index (χ2n) is 4.79. The first-order valence-electron chi connectivity index (χ1n) is 6.47. The molecule has 0 radical (unpaired) electrons. The highest BCUT2D eigenvalue weighted by molar-refractivity contribution is 5.52. The van der Waals surface area contributed by atoms with E-state index in [0.29, 0.717) is 19.1 Å².